The maximum Gasteiger partial charge on any atom is 0.318 e. The van der Waals surface area contributed by atoms with Crippen molar-refractivity contribution in [1.82, 2.24) is 20.4 Å². The van der Waals surface area contributed by atoms with E-state index in [2.05, 4.69) is 10.6 Å². The van der Waals surface area contributed by atoms with Crippen molar-refractivity contribution in [2.75, 3.05) is 32.7 Å². The molecule has 2 aromatic rings. The molecular formula is C30H39Cl2N5O3. The molecule has 8 nitrogen and oxygen atoms in total. The van der Waals surface area contributed by atoms with Crippen LogP contribution in [0.3, 0.4) is 0 Å². The first-order chi connectivity index (χ1) is 19.2. The third-order valence-corrected chi connectivity index (χ3v) is 8.68. The molecule has 4 N–H and O–H groups in total. The van der Waals surface area contributed by atoms with Gasteiger partial charge in [-0.2, -0.15) is 0 Å². The summed E-state index contributed by atoms with van der Waals surface area (Å²) >= 11 is 12.4. The van der Waals surface area contributed by atoms with E-state index in [-0.39, 0.29) is 36.9 Å². The molecule has 4 amide bonds. The van der Waals surface area contributed by atoms with E-state index in [9.17, 15) is 14.4 Å². The second-order valence-corrected chi connectivity index (χ2v) is 11.8. The lowest BCUT2D eigenvalue weighted by Gasteiger charge is -2.43. The topological polar surface area (TPSA) is 108 Å². The van der Waals surface area contributed by atoms with Crippen LogP contribution in [0, 0.1) is 5.41 Å². The van der Waals surface area contributed by atoms with E-state index in [1.165, 1.54) is 0 Å². The Balaban J connectivity index is 1.58. The number of amides is 4. The number of halogens is 2. The molecule has 0 aromatic heterocycles. The summed E-state index contributed by atoms with van der Waals surface area (Å²) in [7, 11) is 0. The van der Waals surface area contributed by atoms with Gasteiger partial charge in [0.25, 0.3) is 0 Å². The highest BCUT2D eigenvalue weighted by Gasteiger charge is 2.44. The molecule has 0 spiro atoms. The second kappa shape index (κ2) is 13.7. The van der Waals surface area contributed by atoms with Gasteiger partial charge in [0.05, 0.1) is 15.5 Å². The Morgan fingerprint density at radius 2 is 1.73 bits per heavy atom. The maximum absolute atomic E-state index is 14.1. The summed E-state index contributed by atoms with van der Waals surface area (Å²) in [6, 6.07) is 14.1. The quantitative estimate of drug-likeness (QED) is 0.433. The van der Waals surface area contributed by atoms with E-state index >= 15 is 0 Å². The van der Waals surface area contributed by atoms with Gasteiger partial charge in [-0.25, -0.2) is 4.79 Å². The molecule has 2 aliphatic rings. The van der Waals surface area contributed by atoms with Gasteiger partial charge < -0.3 is 26.2 Å². The first-order valence-corrected chi connectivity index (χ1v) is 14.8. The molecule has 10 heteroatoms. The molecule has 216 valence electrons. The van der Waals surface area contributed by atoms with E-state index < -0.39 is 11.5 Å². The predicted molar refractivity (Wildman–Crippen MR) is 158 cm³/mol. The fraction of sp³-hybridized carbons (Fsp3) is 0.500. The van der Waals surface area contributed by atoms with Gasteiger partial charge in [-0.15, -0.1) is 0 Å². The van der Waals surface area contributed by atoms with Crippen LogP contribution in [0.25, 0.3) is 0 Å². The highest BCUT2D eigenvalue weighted by atomic mass is 35.5. The number of benzene rings is 2. The molecular weight excluding hydrogens is 549 g/mol. The molecule has 0 radical (unpaired) electrons. The summed E-state index contributed by atoms with van der Waals surface area (Å²) < 4.78 is 0. The van der Waals surface area contributed by atoms with E-state index in [1.807, 2.05) is 43.3 Å². The van der Waals surface area contributed by atoms with Gasteiger partial charge >= 0.3 is 6.03 Å². The molecule has 4 rings (SSSR count). The molecule has 0 aliphatic carbocycles. The normalized spacial score (nSPS) is 20.6. The van der Waals surface area contributed by atoms with E-state index in [0.717, 1.165) is 24.0 Å². The van der Waals surface area contributed by atoms with Crippen molar-refractivity contribution >= 4 is 41.0 Å². The average molecular weight is 589 g/mol. The molecule has 0 saturated carbocycles. The third-order valence-electron chi connectivity index (χ3n) is 7.94. The average Bonchev–Trinajstić information content (AvgIpc) is 2.95. The monoisotopic (exact) mass is 587 g/mol. The van der Waals surface area contributed by atoms with Gasteiger partial charge in [0.2, 0.25) is 11.8 Å². The Hall–Kier alpha value is -2.81. The number of piperidine rings is 2. The summed E-state index contributed by atoms with van der Waals surface area (Å²) in [5, 5.41) is 6.80. The number of rotatable bonds is 8. The third kappa shape index (κ3) is 7.47. The van der Waals surface area contributed by atoms with Crippen LogP contribution in [0.4, 0.5) is 4.79 Å². The summed E-state index contributed by atoms with van der Waals surface area (Å²) in [5.74, 6) is -0.263. The van der Waals surface area contributed by atoms with Crippen molar-refractivity contribution < 1.29 is 14.4 Å². The van der Waals surface area contributed by atoms with Crippen LogP contribution in [-0.2, 0) is 22.4 Å². The number of nitrogens with zero attached hydrogens (tertiary/aromatic N) is 2. The first kappa shape index (κ1) is 30.2. The standard InChI is InChI=1S/C30H39Cl2N5O3/c1-2-34-28(39)30(19-21-7-4-3-5-8-21)13-6-14-37(20-30)27(38)26(18-22-9-10-24(31)25(32)17-22)35-29(40)36-15-11-23(33)12-16-36/h3-5,7-10,17,23,26H,2,6,11-16,18-20,33H2,1H3,(H,34,39)(H,35,40)/t26-,30+/m1/s1. The van der Waals surface area contributed by atoms with E-state index in [0.29, 0.717) is 55.5 Å². The predicted octanol–water partition coefficient (Wildman–Crippen LogP) is 4.02. The summed E-state index contributed by atoms with van der Waals surface area (Å²) in [5.41, 5.74) is 7.10. The SMILES string of the molecule is CCNC(=O)[C@]1(Cc2ccccc2)CCCN(C(=O)[C@@H](Cc2ccc(Cl)c(Cl)c2)NC(=O)N2CCC(N)CC2)C1. The van der Waals surface area contributed by atoms with Crippen molar-refractivity contribution in [1.29, 1.82) is 0 Å². The minimum Gasteiger partial charge on any atom is -0.356 e. The van der Waals surface area contributed by atoms with Crippen LogP contribution in [0.2, 0.25) is 10.0 Å². The van der Waals surface area contributed by atoms with Crippen LogP contribution >= 0.6 is 23.2 Å². The molecule has 0 bridgehead atoms. The van der Waals surface area contributed by atoms with E-state index in [1.54, 1.807) is 21.9 Å². The maximum atomic E-state index is 14.1. The summed E-state index contributed by atoms with van der Waals surface area (Å²) in [4.78, 5) is 44.3. The Bertz CT molecular complexity index is 1190. The number of nitrogens with two attached hydrogens (primary N) is 1. The lowest BCUT2D eigenvalue weighted by atomic mass is 9.74. The highest BCUT2D eigenvalue weighted by molar-refractivity contribution is 6.42. The molecule has 40 heavy (non-hydrogen) atoms. The van der Waals surface area contributed by atoms with Gasteiger partial charge in [0.1, 0.15) is 6.04 Å². The summed E-state index contributed by atoms with van der Waals surface area (Å²) in [6.45, 7) is 4.29. The minimum atomic E-state index is -0.831. The fourth-order valence-corrected chi connectivity index (χ4v) is 6.05. The number of hydrogen-bond donors (Lipinski definition) is 3. The molecule has 2 saturated heterocycles. The number of hydrogen-bond acceptors (Lipinski definition) is 4. The molecule has 0 unspecified atom stereocenters. The van der Waals surface area contributed by atoms with Gasteiger partial charge in [-0.3, -0.25) is 9.59 Å². The van der Waals surface area contributed by atoms with Crippen LogP contribution < -0.4 is 16.4 Å². The largest absolute Gasteiger partial charge is 0.356 e. The zero-order valence-electron chi connectivity index (χ0n) is 23.0. The van der Waals surface area contributed by atoms with Crippen molar-refractivity contribution in [3.05, 3.63) is 69.7 Å². The van der Waals surface area contributed by atoms with Crippen molar-refractivity contribution in [2.24, 2.45) is 11.1 Å². The van der Waals surface area contributed by atoms with Gasteiger partial charge in [0, 0.05) is 45.2 Å². The fourth-order valence-electron chi connectivity index (χ4n) is 5.73. The number of likely N-dealkylation sites (tertiary alicyclic amines) is 2. The lowest BCUT2D eigenvalue weighted by molar-refractivity contribution is -0.142. The highest BCUT2D eigenvalue weighted by Crippen LogP contribution is 2.35. The zero-order chi connectivity index (χ0) is 28.7. The molecule has 2 aromatic carbocycles. The molecule has 2 atom stereocenters. The second-order valence-electron chi connectivity index (χ2n) is 10.9. The lowest BCUT2D eigenvalue weighted by Crippen LogP contribution is -2.59. The Kier molecular flexibility index (Phi) is 10.3. The van der Waals surface area contributed by atoms with Crippen LogP contribution in [0.1, 0.15) is 43.7 Å². The van der Waals surface area contributed by atoms with E-state index in [4.69, 9.17) is 28.9 Å². The van der Waals surface area contributed by atoms with Crippen molar-refractivity contribution in [2.45, 2.75) is 57.5 Å². The Morgan fingerprint density at radius 1 is 1.00 bits per heavy atom. The van der Waals surface area contributed by atoms with Gasteiger partial charge in [0.15, 0.2) is 0 Å². The molecule has 2 aliphatic heterocycles. The number of carbonyl (C=O) groups is 3. The van der Waals surface area contributed by atoms with Crippen molar-refractivity contribution in [3.63, 3.8) is 0 Å². The minimum absolute atomic E-state index is 0.0499. The first-order valence-electron chi connectivity index (χ1n) is 14.1. The number of nitrogens with one attached hydrogen (secondary N) is 2. The van der Waals surface area contributed by atoms with Gasteiger partial charge in [-0.05, 0) is 62.3 Å². The van der Waals surface area contributed by atoms with Crippen LogP contribution in [0.15, 0.2) is 48.5 Å². The van der Waals surface area contributed by atoms with Crippen LogP contribution in [0.5, 0.6) is 0 Å². The van der Waals surface area contributed by atoms with Crippen molar-refractivity contribution in [3.8, 4) is 0 Å². The Morgan fingerprint density at radius 3 is 2.40 bits per heavy atom. The van der Waals surface area contributed by atoms with Crippen LogP contribution in [-0.4, -0.2) is 72.5 Å². The summed E-state index contributed by atoms with van der Waals surface area (Å²) in [6.07, 6.45) is 3.58. The number of urea groups is 1. The molecule has 2 fully saturated rings. The van der Waals surface area contributed by atoms with Gasteiger partial charge in [-0.1, -0.05) is 59.6 Å². The zero-order valence-corrected chi connectivity index (χ0v) is 24.5. The smallest absolute Gasteiger partial charge is 0.318 e. The molecule has 2 heterocycles. The number of carbonyl (C=O) groups excluding carboxylic acids is 3. The Labute approximate surface area is 246 Å².